The van der Waals surface area contributed by atoms with E-state index in [9.17, 15) is 24.3 Å². The van der Waals surface area contributed by atoms with Crippen molar-refractivity contribution in [3.05, 3.63) is 108 Å². The Morgan fingerprint density at radius 2 is 1.09 bits per heavy atom. The molecule has 15 nitrogen and oxygen atoms in total. The van der Waals surface area contributed by atoms with Gasteiger partial charge in [-0.25, -0.2) is 0 Å². The smallest absolute Gasteiger partial charge is 0.303 e. The Balaban J connectivity index is 1.54. The van der Waals surface area contributed by atoms with Crippen LogP contribution in [0.3, 0.4) is 0 Å². The van der Waals surface area contributed by atoms with Gasteiger partial charge in [0.1, 0.15) is 43.2 Å². The summed E-state index contributed by atoms with van der Waals surface area (Å²) in [6, 6.07) is 26.8. The van der Waals surface area contributed by atoms with Gasteiger partial charge in [0.05, 0.1) is 26.4 Å². The summed E-state index contributed by atoms with van der Waals surface area (Å²) in [6.07, 6.45) is -11.4. The first kappa shape index (κ1) is 42.4. The molecule has 15 heteroatoms. The number of carbonyl (C=O) groups excluding carboxylic acids is 4. The number of esters is 3. The molecule has 3 aromatic rings. The van der Waals surface area contributed by atoms with Gasteiger partial charge in [-0.2, -0.15) is 0 Å². The van der Waals surface area contributed by atoms with Gasteiger partial charge in [-0.05, 0) is 16.7 Å². The third-order valence-electron chi connectivity index (χ3n) is 8.94. The van der Waals surface area contributed by atoms with Crippen LogP contribution in [-0.2, 0) is 81.6 Å². The van der Waals surface area contributed by atoms with Crippen LogP contribution < -0.4 is 5.32 Å². The lowest BCUT2D eigenvalue weighted by Gasteiger charge is -2.49. The molecule has 0 radical (unpaired) electrons. The fourth-order valence-electron chi connectivity index (χ4n) is 6.53. The molecule has 0 saturated carbocycles. The van der Waals surface area contributed by atoms with E-state index in [1.165, 1.54) is 13.8 Å². The average Bonchev–Trinajstić information content (AvgIpc) is 3.16. The van der Waals surface area contributed by atoms with Crippen molar-refractivity contribution in [2.75, 3.05) is 13.2 Å². The van der Waals surface area contributed by atoms with Gasteiger partial charge < -0.3 is 53.1 Å². The van der Waals surface area contributed by atoms with Crippen molar-refractivity contribution >= 4 is 23.8 Å². The van der Waals surface area contributed by atoms with E-state index in [1.54, 1.807) is 0 Å². The molecule has 1 amide bonds. The van der Waals surface area contributed by atoms with Crippen molar-refractivity contribution in [1.82, 2.24) is 5.32 Å². The molecule has 2 N–H and O–H groups in total. The van der Waals surface area contributed by atoms with Crippen molar-refractivity contribution in [1.29, 1.82) is 0 Å². The Kier molecular flexibility index (Phi) is 15.9. The van der Waals surface area contributed by atoms with Crippen molar-refractivity contribution < 1.29 is 66.9 Å². The number of hydrogen-bond donors (Lipinski definition) is 2. The van der Waals surface area contributed by atoms with Crippen LogP contribution in [0.25, 0.3) is 0 Å². The number of amides is 1. The van der Waals surface area contributed by atoms with Gasteiger partial charge in [-0.1, -0.05) is 91.0 Å². The second-order valence-corrected chi connectivity index (χ2v) is 13.4. The largest absolute Gasteiger partial charge is 0.463 e. The highest BCUT2D eigenvalue weighted by atomic mass is 16.7. The van der Waals surface area contributed by atoms with Crippen molar-refractivity contribution in [3.63, 3.8) is 0 Å². The maximum atomic E-state index is 12.7. The first-order valence-electron chi connectivity index (χ1n) is 18.3. The van der Waals surface area contributed by atoms with E-state index in [0.29, 0.717) is 0 Å². The predicted molar refractivity (Wildman–Crippen MR) is 196 cm³/mol. The molecule has 2 aliphatic rings. The maximum absolute atomic E-state index is 12.7. The Labute approximate surface area is 325 Å². The minimum atomic E-state index is -1.58. The van der Waals surface area contributed by atoms with Gasteiger partial charge in [0.2, 0.25) is 5.91 Å². The van der Waals surface area contributed by atoms with Crippen molar-refractivity contribution in [2.24, 2.45) is 0 Å². The van der Waals surface area contributed by atoms with Crippen LogP contribution >= 0.6 is 0 Å². The van der Waals surface area contributed by atoms with Crippen LogP contribution in [0.2, 0.25) is 0 Å². The highest BCUT2D eigenvalue weighted by Crippen LogP contribution is 2.34. The SMILES string of the molecule is CC(=O)N[C@H]1[C@H](O[C@@H]2[C@@H](OCc3ccccc3)[C@@H](O)O[C@H](COCc3ccccc3)[C@@H]2OCc2ccccc2)O[C@H](COC(C)=O)[C@@H](OC(C)=O)[C@@H]1OC(C)=O. The number of rotatable bonds is 17. The van der Waals surface area contributed by atoms with Crippen molar-refractivity contribution in [2.45, 2.75) is 109 Å². The first-order chi connectivity index (χ1) is 27.0. The number of aliphatic hydroxyl groups excluding tert-OH is 1. The quantitative estimate of drug-likeness (QED) is 0.151. The Morgan fingerprint density at radius 3 is 1.61 bits per heavy atom. The number of hydrogen-bond acceptors (Lipinski definition) is 14. The van der Waals surface area contributed by atoms with Gasteiger partial charge in [-0.15, -0.1) is 0 Å². The minimum absolute atomic E-state index is 0.0344. The second kappa shape index (κ2) is 21.0. The molecule has 5 rings (SSSR count). The topological polar surface area (TPSA) is 184 Å². The summed E-state index contributed by atoms with van der Waals surface area (Å²) < 4.78 is 54.8. The van der Waals surface area contributed by atoms with Crippen LogP contribution in [0.1, 0.15) is 44.4 Å². The third-order valence-corrected chi connectivity index (χ3v) is 8.94. The van der Waals surface area contributed by atoms with Gasteiger partial charge in [0.25, 0.3) is 0 Å². The number of benzene rings is 3. The molecule has 0 unspecified atom stereocenters. The highest BCUT2D eigenvalue weighted by Gasteiger charge is 2.55. The normalized spacial score (nSPS) is 27.4. The van der Waals surface area contributed by atoms with Gasteiger partial charge in [0.15, 0.2) is 24.8 Å². The molecule has 2 saturated heterocycles. The number of nitrogens with one attached hydrogen (secondary N) is 1. The summed E-state index contributed by atoms with van der Waals surface area (Å²) >= 11 is 0. The molecule has 0 aromatic heterocycles. The molecule has 3 aromatic carbocycles. The fraction of sp³-hybridized carbons (Fsp3) is 0.463. The molecule has 302 valence electrons. The van der Waals surface area contributed by atoms with Gasteiger partial charge in [-0.3, -0.25) is 19.2 Å². The molecule has 0 spiro atoms. The van der Waals surface area contributed by atoms with Crippen LogP contribution in [0.15, 0.2) is 91.0 Å². The first-order valence-corrected chi connectivity index (χ1v) is 18.3. The zero-order chi connectivity index (χ0) is 40.0. The summed E-state index contributed by atoms with van der Waals surface area (Å²) in [4.78, 5) is 49.5. The third kappa shape index (κ3) is 12.4. The van der Waals surface area contributed by atoms with Crippen LogP contribution in [0.5, 0.6) is 0 Å². The summed E-state index contributed by atoms with van der Waals surface area (Å²) in [7, 11) is 0. The monoisotopic (exact) mass is 779 g/mol. The molecule has 2 fully saturated rings. The number of aliphatic hydroxyl groups is 1. The number of carbonyl (C=O) groups is 4. The summed E-state index contributed by atoms with van der Waals surface area (Å²) in [5.41, 5.74) is 2.53. The predicted octanol–water partition coefficient (Wildman–Crippen LogP) is 3.13. The van der Waals surface area contributed by atoms with E-state index in [2.05, 4.69) is 5.32 Å². The Morgan fingerprint density at radius 1 is 0.589 bits per heavy atom. The van der Waals surface area contributed by atoms with E-state index in [0.717, 1.165) is 30.5 Å². The van der Waals surface area contributed by atoms with Gasteiger partial charge in [0, 0.05) is 27.7 Å². The molecule has 0 aliphatic carbocycles. The summed E-state index contributed by atoms with van der Waals surface area (Å²) in [5, 5.41) is 14.3. The van der Waals surface area contributed by atoms with Gasteiger partial charge >= 0.3 is 17.9 Å². The van der Waals surface area contributed by atoms with Crippen LogP contribution in [-0.4, -0.2) is 103 Å². The molecule has 0 bridgehead atoms. The van der Waals surface area contributed by atoms with E-state index in [4.69, 9.17) is 42.6 Å². The maximum Gasteiger partial charge on any atom is 0.303 e. The number of ether oxygens (including phenoxy) is 9. The van der Waals surface area contributed by atoms with E-state index in [-0.39, 0.29) is 26.4 Å². The lowest BCUT2D eigenvalue weighted by molar-refractivity contribution is -0.354. The molecule has 10 atom stereocenters. The fourth-order valence-corrected chi connectivity index (χ4v) is 6.53. The molecule has 56 heavy (non-hydrogen) atoms. The molecule has 2 aliphatic heterocycles. The zero-order valence-electron chi connectivity index (χ0n) is 31.7. The lowest BCUT2D eigenvalue weighted by atomic mass is 9.94. The summed E-state index contributed by atoms with van der Waals surface area (Å²) in [6.45, 7) is 4.60. The van der Waals surface area contributed by atoms with Crippen LogP contribution in [0, 0.1) is 0 Å². The molecule has 2 heterocycles. The van der Waals surface area contributed by atoms with E-state index >= 15 is 0 Å². The molecular formula is C41H49NO14. The van der Waals surface area contributed by atoms with Crippen LogP contribution in [0.4, 0.5) is 0 Å². The highest BCUT2D eigenvalue weighted by molar-refractivity contribution is 5.73. The van der Waals surface area contributed by atoms with E-state index in [1.807, 2.05) is 91.0 Å². The Bertz CT molecular complexity index is 1700. The standard InChI is InChI=1S/C41H49NO14/c1-25(43)42-34-37(53-28(4)46)36(52-27(3)45)33(24-49-26(2)44)55-41(34)56-38-35(50-21-30-16-10-6-11-17-30)32(23-48-20-29-14-8-5-9-15-29)54-40(47)39(38)51-22-31-18-12-7-13-19-31/h5-19,32-41,47H,20-24H2,1-4H3,(H,42,43)/t32-,33-,34-,35+,36-,37-,38+,39-,40+,41+/m1/s1. The second-order valence-electron chi connectivity index (χ2n) is 13.4. The minimum Gasteiger partial charge on any atom is -0.463 e. The average molecular weight is 780 g/mol. The van der Waals surface area contributed by atoms with Crippen molar-refractivity contribution in [3.8, 4) is 0 Å². The lowest BCUT2D eigenvalue weighted by Crippen LogP contribution is -2.69. The Hall–Kier alpha value is -4.74. The summed E-state index contributed by atoms with van der Waals surface area (Å²) in [5.74, 6) is -2.73. The van der Waals surface area contributed by atoms with E-state index < -0.39 is 91.8 Å². The molecular weight excluding hydrogens is 730 g/mol. The zero-order valence-corrected chi connectivity index (χ0v) is 31.7.